The monoisotopic (exact) mass is 700 g/mol. The molecule has 6 nitrogen and oxygen atoms in total. The Bertz CT molecular complexity index is 1890. The van der Waals surface area contributed by atoms with E-state index in [1.54, 1.807) is 0 Å². The number of benzene rings is 3. The molecule has 0 radical (unpaired) electrons. The number of likely N-dealkylation sites (N-methyl/N-ethyl adjacent to an activating group) is 1. The van der Waals surface area contributed by atoms with Crippen LogP contribution < -0.4 is 0 Å². The first-order valence-corrected chi connectivity index (χ1v) is 19.8. The van der Waals surface area contributed by atoms with Crippen molar-refractivity contribution in [3.05, 3.63) is 116 Å². The Morgan fingerprint density at radius 2 is 1.48 bits per heavy atom. The number of hydrogen-bond acceptors (Lipinski definition) is 3. The first kappa shape index (κ1) is 37.6. The van der Waals surface area contributed by atoms with Crippen molar-refractivity contribution in [3.8, 4) is 11.3 Å². The molecule has 0 saturated heterocycles. The van der Waals surface area contributed by atoms with Gasteiger partial charge in [-0.1, -0.05) is 75.2 Å². The fraction of sp³-hybridized carbons (Fsp3) is 0.478. The van der Waals surface area contributed by atoms with Crippen molar-refractivity contribution in [1.82, 2.24) is 19.3 Å². The first-order chi connectivity index (χ1) is 25.1. The van der Waals surface area contributed by atoms with E-state index in [1.807, 2.05) is 4.90 Å². The molecule has 0 N–H and O–H groups in total. The third-order valence-electron chi connectivity index (χ3n) is 11.7. The summed E-state index contributed by atoms with van der Waals surface area (Å²) in [4.78, 5) is 35.0. The molecule has 0 saturated carbocycles. The minimum atomic E-state index is 0.0908. The summed E-state index contributed by atoms with van der Waals surface area (Å²) < 4.78 is 2.37. The quantitative estimate of drug-likeness (QED) is 0.141. The molecule has 3 heterocycles. The van der Waals surface area contributed by atoms with Gasteiger partial charge >= 0.3 is 0 Å². The third-order valence-corrected chi connectivity index (χ3v) is 11.7. The molecule has 6 heteroatoms. The topological polar surface area (TPSA) is 48.8 Å². The van der Waals surface area contributed by atoms with Crippen LogP contribution >= 0.6 is 0 Å². The van der Waals surface area contributed by atoms with Gasteiger partial charge in [0.1, 0.15) is 0 Å². The van der Waals surface area contributed by atoms with Gasteiger partial charge in [-0.05, 0) is 130 Å². The molecule has 52 heavy (non-hydrogen) atoms. The molecule has 2 amide bonds. The average molecular weight is 701 g/mol. The molecule has 1 aromatic heterocycles. The van der Waals surface area contributed by atoms with Crippen molar-refractivity contribution >= 4 is 11.8 Å². The summed E-state index contributed by atoms with van der Waals surface area (Å²) in [6.07, 6.45) is 9.69. The van der Waals surface area contributed by atoms with Crippen LogP contribution in [0.15, 0.2) is 60.7 Å². The molecular weight excluding hydrogens is 641 g/mol. The van der Waals surface area contributed by atoms with Crippen LogP contribution in [0.1, 0.15) is 107 Å². The van der Waals surface area contributed by atoms with E-state index in [0.29, 0.717) is 26.1 Å². The van der Waals surface area contributed by atoms with Crippen molar-refractivity contribution < 1.29 is 9.59 Å². The van der Waals surface area contributed by atoms with Crippen molar-refractivity contribution in [2.45, 2.75) is 111 Å². The summed E-state index contributed by atoms with van der Waals surface area (Å²) in [6, 6.07) is 21.7. The van der Waals surface area contributed by atoms with E-state index in [4.69, 9.17) is 0 Å². The van der Waals surface area contributed by atoms with Gasteiger partial charge in [0.15, 0.2) is 0 Å². The molecule has 0 spiro atoms. The second-order valence-electron chi connectivity index (χ2n) is 15.7. The van der Waals surface area contributed by atoms with E-state index in [-0.39, 0.29) is 17.9 Å². The summed E-state index contributed by atoms with van der Waals surface area (Å²) in [5.74, 6) is 0.235. The second kappa shape index (κ2) is 16.7. The van der Waals surface area contributed by atoms with E-state index in [1.165, 1.54) is 44.8 Å². The van der Waals surface area contributed by atoms with Gasteiger partial charge < -0.3 is 19.3 Å². The van der Waals surface area contributed by atoms with E-state index in [0.717, 1.165) is 86.6 Å². The highest BCUT2D eigenvalue weighted by atomic mass is 16.2. The van der Waals surface area contributed by atoms with Crippen molar-refractivity contribution in [2.24, 2.45) is 7.05 Å². The molecule has 2 aliphatic rings. The van der Waals surface area contributed by atoms with Gasteiger partial charge in [-0.25, -0.2) is 0 Å². The fourth-order valence-electron chi connectivity index (χ4n) is 8.35. The van der Waals surface area contributed by atoms with Crippen LogP contribution in [0, 0.1) is 6.92 Å². The fourth-order valence-corrected chi connectivity index (χ4v) is 8.35. The summed E-state index contributed by atoms with van der Waals surface area (Å²) in [5.41, 5.74) is 14.5. The molecule has 0 fully saturated rings. The zero-order valence-electron chi connectivity index (χ0n) is 32.9. The lowest BCUT2D eigenvalue weighted by molar-refractivity contribution is -0.131. The number of carbonyl (C=O) groups is 2. The van der Waals surface area contributed by atoms with Gasteiger partial charge in [0, 0.05) is 56.1 Å². The average Bonchev–Trinajstić information content (AvgIpc) is 3.38. The van der Waals surface area contributed by atoms with Crippen LogP contribution in [0.25, 0.3) is 11.3 Å². The molecule has 1 atom stereocenters. The van der Waals surface area contributed by atoms with Gasteiger partial charge in [-0.3, -0.25) is 9.59 Å². The second-order valence-corrected chi connectivity index (χ2v) is 15.7. The number of amides is 2. The van der Waals surface area contributed by atoms with E-state index >= 15 is 4.79 Å². The van der Waals surface area contributed by atoms with E-state index in [9.17, 15) is 4.79 Å². The number of aromatic nitrogens is 1. The maximum Gasteiger partial charge on any atom is 0.255 e. The highest BCUT2D eigenvalue weighted by Crippen LogP contribution is 2.39. The van der Waals surface area contributed by atoms with Crippen molar-refractivity contribution in [1.29, 1.82) is 0 Å². The smallest absolute Gasteiger partial charge is 0.255 e. The van der Waals surface area contributed by atoms with Gasteiger partial charge in [-0.15, -0.1) is 0 Å². The highest BCUT2D eigenvalue weighted by Gasteiger charge is 2.33. The van der Waals surface area contributed by atoms with Gasteiger partial charge in [0.2, 0.25) is 5.91 Å². The molecule has 2 aliphatic heterocycles. The standard InChI is InChI=1S/C46H60N4O2/c1-8-10-16-40-33(4)48(7)45(41(40)17-11-9-2)42-28-37-23-25-49(44(51)27-35-20-18-34(19-21-35)22-24-47(5)6)30-39(37)29-43(42)46(52)50-31-38-15-13-12-14-36(38)26-32(50)3/h12-15,18-21,28-29,32H,8-11,16-17,22-27,30-31H2,1-7H3/t32-/m1/s1. The molecule has 0 aliphatic carbocycles. The molecule has 3 aromatic carbocycles. The Morgan fingerprint density at radius 1 is 0.808 bits per heavy atom. The Hall–Kier alpha value is -4.16. The number of rotatable bonds is 13. The van der Waals surface area contributed by atoms with Crippen LogP contribution in [0.2, 0.25) is 0 Å². The van der Waals surface area contributed by atoms with Crippen LogP contribution in [0.4, 0.5) is 0 Å². The predicted molar refractivity (Wildman–Crippen MR) is 214 cm³/mol. The Morgan fingerprint density at radius 3 is 2.17 bits per heavy atom. The van der Waals surface area contributed by atoms with Crippen molar-refractivity contribution in [3.63, 3.8) is 0 Å². The number of nitrogens with zero attached hydrogens (tertiary/aromatic N) is 4. The lowest BCUT2D eigenvalue weighted by Gasteiger charge is -2.36. The van der Waals surface area contributed by atoms with Gasteiger partial charge in [-0.2, -0.15) is 0 Å². The summed E-state index contributed by atoms with van der Waals surface area (Å²) in [5, 5.41) is 0. The minimum absolute atomic E-state index is 0.0908. The van der Waals surface area contributed by atoms with Crippen LogP contribution in [0.3, 0.4) is 0 Å². The number of hydrogen-bond donors (Lipinski definition) is 0. The Kier molecular flexibility index (Phi) is 12.1. The SMILES string of the molecule is CCCCc1c(CCCC)c(-c2cc3c(cc2C(=O)N2Cc4ccccc4C[C@H]2C)CN(C(=O)Cc2ccc(CCN(C)C)cc2)CC3)n(C)c1C. The normalized spacial score (nSPS) is 15.6. The van der Waals surface area contributed by atoms with Gasteiger partial charge in [0.25, 0.3) is 5.91 Å². The Labute approximate surface area is 312 Å². The lowest BCUT2D eigenvalue weighted by Crippen LogP contribution is -2.43. The largest absolute Gasteiger partial charge is 0.347 e. The van der Waals surface area contributed by atoms with Crippen LogP contribution in [-0.2, 0) is 63.5 Å². The van der Waals surface area contributed by atoms with Crippen LogP contribution in [-0.4, -0.2) is 64.3 Å². The van der Waals surface area contributed by atoms with Crippen molar-refractivity contribution in [2.75, 3.05) is 27.2 Å². The maximum atomic E-state index is 15.0. The first-order valence-electron chi connectivity index (χ1n) is 19.8. The highest BCUT2D eigenvalue weighted by molar-refractivity contribution is 6.02. The molecule has 4 aromatic rings. The number of carbonyl (C=O) groups excluding carboxylic acids is 2. The molecule has 276 valence electrons. The summed E-state index contributed by atoms with van der Waals surface area (Å²) in [7, 11) is 6.38. The van der Waals surface area contributed by atoms with Gasteiger partial charge in [0.05, 0.1) is 12.1 Å². The van der Waals surface area contributed by atoms with E-state index < -0.39 is 0 Å². The minimum Gasteiger partial charge on any atom is -0.347 e. The third kappa shape index (κ3) is 8.07. The number of fused-ring (bicyclic) bond motifs is 2. The zero-order chi connectivity index (χ0) is 36.9. The molecule has 0 unspecified atom stereocenters. The predicted octanol–water partition coefficient (Wildman–Crippen LogP) is 8.50. The lowest BCUT2D eigenvalue weighted by atomic mass is 9.87. The summed E-state index contributed by atoms with van der Waals surface area (Å²) in [6.45, 7) is 11.8. The summed E-state index contributed by atoms with van der Waals surface area (Å²) >= 11 is 0. The molecule has 0 bridgehead atoms. The number of unbranched alkanes of at least 4 members (excludes halogenated alkanes) is 2. The zero-order valence-corrected chi connectivity index (χ0v) is 32.9. The Balaban J connectivity index is 1.36. The maximum absolute atomic E-state index is 15.0. The molecule has 6 rings (SSSR count). The van der Waals surface area contributed by atoms with Crippen LogP contribution in [0.5, 0.6) is 0 Å². The van der Waals surface area contributed by atoms with E-state index in [2.05, 4.69) is 124 Å². The molecular formula is C46H60N4O2.